The van der Waals surface area contributed by atoms with Crippen LogP contribution in [0.3, 0.4) is 0 Å². The molecule has 1 unspecified atom stereocenters. The minimum atomic E-state index is -2.78. The molecule has 0 heterocycles. The Hall–Kier alpha value is -1.20. The third-order valence-electron chi connectivity index (χ3n) is 3.40. The average Bonchev–Trinajstić information content (AvgIpc) is 2.38. The van der Waals surface area contributed by atoms with E-state index in [1.165, 1.54) is 0 Å². The van der Waals surface area contributed by atoms with Crippen molar-refractivity contribution < 1.29 is 13.5 Å². The van der Waals surface area contributed by atoms with Crippen LogP contribution in [0.1, 0.15) is 32.4 Å². The van der Waals surface area contributed by atoms with Crippen molar-refractivity contribution in [1.29, 1.82) is 0 Å². The van der Waals surface area contributed by atoms with Crippen molar-refractivity contribution in [2.75, 3.05) is 20.1 Å². The third-order valence-corrected chi connectivity index (χ3v) is 3.40. The first-order valence-corrected chi connectivity index (χ1v) is 6.88. The second kappa shape index (κ2) is 8.17. The topological polar surface area (TPSA) is 24.5 Å². The number of hydrogen-bond acceptors (Lipinski definition) is 3. The average molecular weight is 286 g/mol. The van der Waals surface area contributed by atoms with Gasteiger partial charge in [0.2, 0.25) is 0 Å². The van der Waals surface area contributed by atoms with E-state index in [0.717, 1.165) is 18.7 Å². The summed E-state index contributed by atoms with van der Waals surface area (Å²) >= 11 is 0. The molecule has 20 heavy (non-hydrogen) atoms. The van der Waals surface area contributed by atoms with E-state index in [0.29, 0.717) is 6.04 Å². The summed E-state index contributed by atoms with van der Waals surface area (Å²) in [7, 11) is 2.09. The lowest BCUT2D eigenvalue weighted by Crippen LogP contribution is -2.34. The molecule has 1 atom stereocenters. The van der Waals surface area contributed by atoms with E-state index >= 15 is 0 Å². The van der Waals surface area contributed by atoms with Crippen LogP contribution in [0, 0.1) is 0 Å². The summed E-state index contributed by atoms with van der Waals surface area (Å²) in [5.41, 5.74) is 1.05. The van der Waals surface area contributed by atoms with Gasteiger partial charge in [-0.2, -0.15) is 8.78 Å². The summed E-state index contributed by atoms with van der Waals surface area (Å²) in [6.07, 6.45) is 0. The second-order valence-corrected chi connectivity index (χ2v) is 5.20. The van der Waals surface area contributed by atoms with Gasteiger partial charge in [0, 0.05) is 25.2 Å². The van der Waals surface area contributed by atoms with Gasteiger partial charge in [-0.15, -0.1) is 0 Å². The molecule has 0 radical (unpaired) electrons. The quantitative estimate of drug-likeness (QED) is 0.793. The van der Waals surface area contributed by atoms with E-state index in [1.807, 2.05) is 12.1 Å². The van der Waals surface area contributed by atoms with Crippen LogP contribution >= 0.6 is 0 Å². The summed E-state index contributed by atoms with van der Waals surface area (Å²) in [6.45, 7) is 5.44. The molecule has 5 heteroatoms. The van der Waals surface area contributed by atoms with Gasteiger partial charge in [-0.1, -0.05) is 12.1 Å². The maximum Gasteiger partial charge on any atom is 0.387 e. The molecule has 0 saturated carbocycles. The highest BCUT2D eigenvalue weighted by molar-refractivity contribution is 5.28. The molecule has 0 saturated heterocycles. The van der Waals surface area contributed by atoms with Crippen LogP contribution in [0.2, 0.25) is 0 Å². The number of likely N-dealkylation sites (N-methyl/N-ethyl adjacent to an activating group) is 1. The minimum Gasteiger partial charge on any atom is -0.435 e. The van der Waals surface area contributed by atoms with E-state index in [1.54, 1.807) is 12.1 Å². The Morgan fingerprint density at radius 3 is 2.25 bits per heavy atom. The molecule has 114 valence electrons. The number of nitrogens with one attached hydrogen (secondary N) is 1. The van der Waals surface area contributed by atoms with Crippen LogP contribution in [0.25, 0.3) is 0 Å². The van der Waals surface area contributed by atoms with Crippen molar-refractivity contribution in [2.45, 2.75) is 39.5 Å². The normalized spacial score (nSPS) is 13.2. The minimum absolute atomic E-state index is 0.177. The van der Waals surface area contributed by atoms with Crippen LogP contribution in [-0.4, -0.2) is 37.7 Å². The zero-order valence-corrected chi connectivity index (χ0v) is 12.6. The van der Waals surface area contributed by atoms with Gasteiger partial charge in [0.05, 0.1) is 0 Å². The Balaban J connectivity index is 2.41. The first kappa shape index (κ1) is 16.9. The van der Waals surface area contributed by atoms with Crippen LogP contribution in [0.4, 0.5) is 8.78 Å². The van der Waals surface area contributed by atoms with Gasteiger partial charge in [0.1, 0.15) is 5.75 Å². The highest BCUT2D eigenvalue weighted by Crippen LogP contribution is 2.18. The van der Waals surface area contributed by atoms with E-state index in [-0.39, 0.29) is 11.8 Å². The summed E-state index contributed by atoms with van der Waals surface area (Å²) in [4.78, 5) is 2.26. The van der Waals surface area contributed by atoms with E-state index < -0.39 is 6.61 Å². The molecule has 0 aromatic heterocycles. The lowest BCUT2D eigenvalue weighted by molar-refractivity contribution is -0.0498. The maximum atomic E-state index is 12.0. The highest BCUT2D eigenvalue weighted by atomic mass is 19.3. The number of halogens is 2. The van der Waals surface area contributed by atoms with Crippen LogP contribution < -0.4 is 10.1 Å². The summed E-state index contributed by atoms with van der Waals surface area (Å²) < 4.78 is 28.4. The molecule has 0 aliphatic rings. The Morgan fingerprint density at radius 1 is 1.15 bits per heavy atom. The molecule has 0 aliphatic heterocycles. The summed E-state index contributed by atoms with van der Waals surface area (Å²) in [5.74, 6) is 0.190. The van der Waals surface area contributed by atoms with Gasteiger partial charge < -0.3 is 15.0 Å². The first-order valence-electron chi connectivity index (χ1n) is 6.88. The Morgan fingerprint density at radius 2 is 1.75 bits per heavy atom. The van der Waals surface area contributed by atoms with Crippen LogP contribution in [-0.2, 0) is 0 Å². The van der Waals surface area contributed by atoms with Crippen molar-refractivity contribution in [3.8, 4) is 5.75 Å². The Kier molecular flexibility index (Phi) is 6.88. The number of ether oxygens (including phenoxy) is 1. The molecule has 0 amide bonds. The smallest absolute Gasteiger partial charge is 0.387 e. The fourth-order valence-electron chi connectivity index (χ4n) is 1.77. The summed E-state index contributed by atoms with van der Waals surface area (Å²) in [6, 6.07) is 7.46. The van der Waals surface area contributed by atoms with Gasteiger partial charge in [0.25, 0.3) is 0 Å². The molecular weight excluding hydrogens is 262 g/mol. The Labute approximate surface area is 119 Å². The largest absolute Gasteiger partial charge is 0.435 e. The van der Waals surface area contributed by atoms with Crippen molar-refractivity contribution in [3.63, 3.8) is 0 Å². The predicted octanol–water partition coefficient (Wildman–Crippen LogP) is 3.28. The molecule has 0 aliphatic carbocycles. The summed E-state index contributed by atoms with van der Waals surface area (Å²) in [5, 5.41) is 3.41. The fourth-order valence-corrected chi connectivity index (χ4v) is 1.77. The zero-order chi connectivity index (χ0) is 15.1. The number of hydrogen-bond donors (Lipinski definition) is 1. The lowest BCUT2D eigenvalue weighted by atomic mass is 10.1. The molecule has 1 N–H and O–H groups in total. The molecule has 0 spiro atoms. The molecule has 1 aromatic rings. The van der Waals surface area contributed by atoms with Gasteiger partial charge in [-0.05, 0) is 45.5 Å². The van der Waals surface area contributed by atoms with E-state index in [2.05, 4.69) is 42.8 Å². The molecule has 0 fully saturated rings. The fraction of sp³-hybridized carbons (Fsp3) is 0.600. The van der Waals surface area contributed by atoms with Crippen LogP contribution in [0.5, 0.6) is 5.75 Å². The van der Waals surface area contributed by atoms with E-state index in [4.69, 9.17) is 0 Å². The second-order valence-electron chi connectivity index (χ2n) is 5.20. The molecule has 3 nitrogen and oxygen atoms in total. The number of rotatable bonds is 8. The lowest BCUT2D eigenvalue weighted by Gasteiger charge is -2.22. The monoisotopic (exact) mass is 286 g/mol. The van der Waals surface area contributed by atoms with Crippen molar-refractivity contribution in [1.82, 2.24) is 10.2 Å². The predicted molar refractivity (Wildman–Crippen MR) is 77.3 cm³/mol. The maximum absolute atomic E-state index is 12.0. The molecule has 0 bridgehead atoms. The molecular formula is C15H24F2N2O. The number of alkyl halides is 2. The highest BCUT2D eigenvalue weighted by Gasteiger charge is 2.08. The van der Waals surface area contributed by atoms with Crippen LogP contribution in [0.15, 0.2) is 24.3 Å². The number of benzene rings is 1. The number of nitrogens with zero attached hydrogens (tertiary/aromatic N) is 1. The van der Waals surface area contributed by atoms with Gasteiger partial charge in [-0.25, -0.2) is 0 Å². The molecule has 1 aromatic carbocycles. The molecule has 1 rings (SSSR count). The third kappa shape index (κ3) is 5.84. The van der Waals surface area contributed by atoms with Gasteiger partial charge in [0.15, 0.2) is 0 Å². The standard InChI is InChI=1S/C15H24F2N2O/c1-11(2)19(4)10-9-18-12(3)13-5-7-14(8-6-13)20-15(16)17/h5-8,11-12,15,18H,9-10H2,1-4H3. The van der Waals surface area contributed by atoms with Gasteiger partial charge in [-0.3, -0.25) is 0 Å². The van der Waals surface area contributed by atoms with Crippen molar-refractivity contribution in [3.05, 3.63) is 29.8 Å². The zero-order valence-electron chi connectivity index (χ0n) is 12.6. The van der Waals surface area contributed by atoms with E-state index in [9.17, 15) is 8.78 Å². The SMILES string of the molecule is CC(NCCN(C)C(C)C)c1ccc(OC(F)F)cc1. The van der Waals surface area contributed by atoms with Crippen molar-refractivity contribution in [2.24, 2.45) is 0 Å². The van der Waals surface area contributed by atoms with Gasteiger partial charge >= 0.3 is 6.61 Å². The first-order chi connectivity index (χ1) is 9.40. The van der Waals surface area contributed by atoms with Crippen molar-refractivity contribution >= 4 is 0 Å². The Bertz CT molecular complexity index is 382.